The molecule has 0 unspecified atom stereocenters. The van der Waals surface area contributed by atoms with Gasteiger partial charge in [-0.05, 0) is 30.0 Å². The second-order valence-electron chi connectivity index (χ2n) is 8.51. The number of likely N-dealkylation sites (N-methyl/N-ethyl adjacent to an activating group) is 1. The van der Waals surface area contributed by atoms with E-state index >= 15 is 0 Å². The number of halogens is 3. The number of nitrogens with one attached hydrogen (secondary N) is 1. The molecule has 6 nitrogen and oxygen atoms in total. The van der Waals surface area contributed by atoms with Crippen LogP contribution in [-0.4, -0.2) is 41.1 Å². The first-order valence-electron chi connectivity index (χ1n) is 11.7. The number of hydrogen-bond donors (Lipinski definition) is 1. The highest BCUT2D eigenvalue weighted by Gasteiger charge is 2.39. The van der Waals surface area contributed by atoms with E-state index in [2.05, 4.69) is 19.8 Å². The Morgan fingerprint density at radius 1 is 1.23 bits per heavy atom. The van der Waals surface area contributed by atoms with Gasteiger partial charge in [-0.15, -0.1) is 0 Å². The molecule has 0 saturated carbocycles. The third-order valence-electron chi connectivity index (χ3n) is 6.60. The van der Waals surface area contributed by atoms with Crippen LogP contribution in [0.3, 0.4) is 0 Å². The highest BCUT2D eigenvalue weighted by Crippen LogP contribution is 2.40. The van der Waals surface area contributed by atoms with Crippen LogP contribution >= 0.6 is 11.6 Å². The van der Waals surface area contributed by atoms with Crippen LogP contribution in [0.5, 0.6) is 5.75 Å². The summed E-state index contributed by atoms with van der Waals surface area (Å²) in [4.78, 5) is 19.8. The summed E-state index contributed by atoms with van der Waals surface area (Å²) in [6, 6.07) is 10.8. The van der Waals surface area contributed by atoms with Crippen molar-refractivity contribution in [2.24, 2.45) is 0 Å². The highest BCUT2D eigenvalue weighted by atomic mass is 35.5. The SMILES string of the molecule is CCc1nc(Cl)c2n1CCN([C@@H](C(=O)NC)c1ccccc1)[C@H]2CCc1cc(F)c(OC)cc1F. The molecule has 2 atom stereocenters. The van der Waals surface area contributed by atoms with Gasteiger partial charge in [0.2, 0.25) is 5.91 Å². The van der Waals surface area contributed by atoms with Crippen molar-refractivity contribution >= 4 is 17.5 Å². The number of fused-ring (bicyclic) bond motifs is 1. The van der Waals surface area contributed by atoms with Gasteiger partial charge < -0.3 is 14.6 Å². The molecule has 3 aromatic rings. The van der Waals surface area contributed by atoms with Crippen LogP contribution in [0.2, 0.25) is 5.15 Å². The molecule has 1 aromatic heterocycles. The largest absolute Gasteiger partial charge is 0.494 e. The van der Waals surface area contributed by atoms with Gasteiger partial charge in [0.1, 0.15) is 17.7 Å². The van der Waals surface area contributed by atoms with E-state index in [-0.39, 0.29) is 29.7 Å². The van der Waals surface area contributed by atoms with Crippen molar-refractivity contribution in [3.8, 4) is 5.75 Å². The minimum atomic E-state index is -0.617. The third kappa shape index (κ3) is 4.90. The van der Waals surface area contributed by atoms with E-state index in [1.807, 2.05) is 37.3 Å². The molecular formula is C26H29ClF2N4O2. The van der Waals surface area contributed by atoms with Gasteiger partial charge in [0.05, 0.1) is 18.8 Å². The molecular weight excluding hydrogens is 474 g/mol. The molecule has 0 radical (unpaired) electrons. The number of imidazole rings is 1. The molecule has 0 saturated heterocycles. The van der Waals surface area contributed by atoms with E-state index in [1.54, 1.807) is 7.05 Å². The molecule has 9 heteroatoms. The number of carbonyl (C=O) groups excluding carboxylic acids is 1. The summed E-state index contributed by atoms with van der Waals surface area (Å²) >= 11 is 6.63. The number of methoxy groups -OCH3 is 1. The van der Waals surface area contributed by atoms with E-state index in [9.17, 15) is 13.6 Å². The lowest BCUT2D eigenvalue weighted by Gasteiger charge is -2.41. The Labute approximate surface area is 208 Å². The van der Waals surface area contributed by atoms with E-state index in [1.165, 1.54) is 13.2 Å². The Morgan fingerprint density at radius 3 is 2.63 bits per heavy atom. The summed E-state index contributed by atoms with van der Waals surface area (Å²) in [6.07, 6.45) is 1.37. The van der Waals surface area contributed by atoms with Gasteiger partial charge in [0.15, 0.2) is 16.7 Å². The van der Waals surface area contributed by atoms with Gasteiger partial charge >= 0.3 is 0 Å². The van der Waals surface area contributed by atoms with Crippen LogP contribution in [0.1, 0.15) is 48.1 Å². The first-order valence-corrected chi connectivity index (χ1v) is 12.1. The fourth-order valence-corrected chi connectivity index (χ4v) is 5.26. The van der Waals surface area contributed by atoms with Crippen LogP contribution in [0, 0.1) is 11.6 Å². The normalized spacial score (nSPS) is 16.6. The molecule has 1 N–H and O–H groups in total. The van der Waals surface area contributed by atoms with Crippen molar-refractivity contribution in [1.82, 2.24) is 19.8 Å². The molecule has 2 heterocycles. The zero-order valence-corrected chi connectivity index (χ0v) is 20.8. The summed E-state index contributed by atoms with van der Waals surface area (Å²) in [5, 5.41) is 3.16. The molecule has 1 aliphatic rings. The van der Waals surface area contributed by atoms with E-state index in [4.69, 9.17) is 16.3 Å². The highest BCUT2D eigenvalue weighted by molar-refractivity contribution is 6.30. The van der Waals surface area contributed by atoms with E-state index in [0.717, 1.165) is 23.1 Å². The second kappa shape index (κ2) is 10.7. The van der Waals surface area contributed by atoms with Gasteiger partial charge in [-0.3, -0.25) is 9.69 Å². The van der Waals surface area contributed by atoms with E-state index < -0.39 is 17.7 Å². The van der Waals surface area contributed by atoms with Crippen molar-refractivity contribution in [1.29, 1.82) is 0 Å². The lowest BCUT2D eigenvalue weighted by molar-refractivity contribution is -0.128. The van der Waals surface area contributed by atoms with Gasteiger partial charge in [0.25, 0.3) is 0 Å². The first kappa shape index (κ1) is 25.1. The number of rotatable bonds is 8. The molecule has 4 rings (SSSR count). The lowest BCUT2D eigenvalue weighted by atomic mass is 9.95. The summed E-state index contributed by atoms with van der Waals surface area (Å²) in [5.41, 5.74) is 1.88. The van der Waals surface area contributed by atoms with Gasteiger partial charge in [-0.1, -0.05) is 48.9 Å². The Morgan fingerprint density at radius 2 is 1.97 bits per heavy atom. The molecule has 2 aromatic carbocycles. The molecule has 0 spiro atoms. The number of ether oxygens (including phenoxy) is 1. The molecule has 0 aliphatic carbocycles. The number of amides is 1. The van der Waals surface area contributed by atoms with Crippen LogP contribution in [0.4, 0.5) is 8.78 Å². The van der Waals surface area contributed by atoms with Crippen LogP contribution in [0.25, 0.3) is 0 Å². The van der Waals surface area contributed by atoms with Crippen molar-refractivity contribution in [3.05, 3.63) is 81.9 Å². The minimum Gasteiger partial charge on any atom is -0.494 e. The Kier molecular flexibility index (Phi) is 7.72. The van der Waals surface area contributed by atoms with Crippen LogP contribution < -0.4 is 10.1 Å². The Bertz CT molecular complexity index is 1200. The molecule has 1 amide bonds. The maximum absolute atomic E-state index is 14.7. The van der Waals surface area contributed by atoms with Gasteiger partial charge in [0, 0.05) is 32.6 Å². The number of carbonyl (C=O) groups is 1. The second-order valence-corrected chi connectivity index (χ2v) is 8.87. The standard InChI is InChI=1S/C26H29ClF2N4O2/c1-4-22-31-25(27)24-20(11-10-17-14-19(29)21(35-3)15-18(17)28)32(12-13-33(22)24)23(26(34)30-2)16-8-6-5-7-9-16/h5-9,14-15,20,23H,4,10-13H2,1-3H3,(H,30,34)/t20-,23+/m0/s1. The molecule has 0 bridgehead atoms. The number of nitrogens with zero attached hydrogens (tertiary/aromatic N) is 3. The molecule has 0 fully saturated rings. The predicted octanol–water partition coefficient (Wildman–Crippen LogP) is 4.86. The van der Waals surface area contributed by atoms with Crippen molar-refractivity contribution in [2.75, 3.05) is 20.7 Å². The summed E-state index contributed by atoms with van der Waals surface area (Å²) in [7, 11) is 2.91. The fraction of sp³-hybridized carbons (Fsp3) is 0.385. The van der Waals surface area contributed by atoms with Crippen molar-refractivity contribution in [2.45, 2.75) is 44.8 Å². The number of aryl methyl sites for hydroxylation is 2. The van der Waals surface area contributed by atoms with Crippen molar-refractivity contribution in [3.63, 3.8) is 0 Å². The summed E-state index contributed by atoms with van der Waals surface area (Å²) < 4.78 is 36.1. The maximum atomic E-state index is 14.7. The van der Waals surface area contributed by atoms with Crippen LogP contribution in [0.15, 0.2) is 42.5 Å². The Hall–Kier alpha value is -2.97. The Balaban J connectivity index is 1.75. The minimum absolute atomic E-state index is 0.136. The average Bonchev–Trinajstić information content (AvgIpc) is 3.21. The molecule has 1 aliphatic heterocycles. The third-order valence-corrected chi connectivity index (χ3v) is 6.88. The summed E-state index contributed by atoms with van der Waals surface area (Å²) in [5.74, 6) is -0.572. The number of aromatic nitrogens is 2. The lowest BCUT2D eigenvalue weighted by Crippen LogP contribution is -2.46. The molecule has 186 valence electrons. The quantitative estimate of drug-likeness (QED) is 0.478. The smallest absolute Gasteiger partial charge is 0.241 e. The predicted molar refractivity (Wildman–Crippen MR) is 131 cm³/mol. The van der Waals surface area contributed by atoms with Crippen LogP contribution in [-0.2, 0) is 24.2 Å². The van der Waals surface area contributed by atoms with Gasteiger partial charge in [-0.25, -0.2) is 13.8 Å². The van der Waals surface area contributed by atoms with Crippen molar-refractivity contribution < 1.29 is 18.3 Å². The zero-order valence-electron chi connectivity index (χ0n) is 20.0. The monoisotopic (exact) mass is 502 g/mol. The maximum Gasteiger partial charge on any atom is 0.241 e. The summed E-state index contributed by atoms with van der Waals surface area (Å²) in [6.45, 7) is 3.21. The fourth-order valence-electron chi connectivity index (χ4n) is 4.93. The topological polar surface area (TPSA) is 59.4 Å². The van der Waals surface area contributed by atoms with E-state index in [0.29, 0.717) is 31.1 Å². The first-order chi connectivity index (χ1) is 16.9. The number of hydrogen-bond acceptors (Lipinski definition) is 4. The molecule has 35 heavy (non-hydrogen) atoms. The van der Waals surface area contributed by atoms with Gasteiger partial charge in [-0.2, -0.15) is 0 Å². The number of benzene rings is 2. The average molecular weight is 503 g/mol. The zero-order chi connectivity index (χ0) is 25.1.